The fourth-order valence-electron chi connectivity index (χ4n) is 2.69. The zero-order valence-corrected chi connectivity index (χ0v) is 17.6. The largest absolute Gasteiger partial charge is 0.493 e. The highest BCUT2D eigenvalue weighted by Gasteiger charge is 2.09. The highest BCUT2D eigenvalue weighted by molar-refractivity contribution is 5.95. The zero-order chi connectivity index (χ0) is 22.9. The molecular weight excluding hydrogens is 413 g/mol. The first-order valence-electron chi connectivity index (χ1n) is 9.71. The van der Waals surface area contributed by atoms with Gasteiger partial charge in [-0.05, 0) is 67.1 Å². The monoisotopic (exact) mass is 435 g/mol. The van der Waals surface area contributed by atoms with Crippen LogP contribution in [0.5, 0.6) is 11.5 Å². The molecule has 2 N–H and O–H groups in total. The molecule has 8 heteroatoms. The number of hydrogen-bond acceptors (Lipinski definition) is 5. The second kappa shape index (κ2) is 10.7. The summed E-state index contributed by atoms with van der Waals surface area (Å²) < 4.78 is 23.8. The van der Waals surface area contributed by atoms with E-state index in [2.05, 4.69) is 15.8 Å². The number of benzene rings is 3. The van der Waals surface area contributed by atoms with Crippen molar-refractivity contribution in [1.82, 2.24) is 5.43 Å². The van der Waals surface area contributed by atoms with E-state index in [-0.39, 0.29) is 18.3 Å². The Hall–Kier alpha value is -4.20. The van der Waals surface area contributed by atoms with Crippen LogP contribution in [-0.4, -0.2) is 31.7 Å². The summed E-state index contributed by atoms with van der Waals surface area (Å²) in [7, 11) is 1.47. The average Bonchev–Trinajstić information content (AvgIpc) is 2.80. The van der Waals surface area contributed by atoms with Crippen LogP contribution in [0.2, 0.25) is 0 Å². The molecule has 3 rings (SSSR count). The quantitative estimate of drug-likeness (QED) is 0.415. The number of nitrogens with zero attached hydrogens (tertiary/aromatic N) is 1. The van der Waals surface area contributed by atoms with Crippen molar-refractivity contribution < 1.29 is 23.5 Å². The van der Waals surface area contributed by atoms with Crippen LogP contribution in [0.15, 0.2) is 71.8 Å². The fourth-order valence-corrected chi connectivity index (χ4v) is 2.69. The van der Waals surface area contributed by atoms with Crippen molar-refractivity contribution in [3.63, 3.8) is 0 Å². The molecule has 0 heterocycles. The first kappa shape index (κ1) is 22.5. The fraction of sp³-hybridized carbons (Fsp3) is 0.125. The molecule has 7 nitrogen and oxygen atoms in total. The molecule has 0 spiro atoms. The minimum atomic E-state index is -0.400. The third kappa shape index (κ3) is 6.40. The van der Waals surface area contributed by atoms with Crippen LogP contribution in [-0.2, 0) is 4.79 Å². The van der Waals surface area contributed by atoms with E-state index in [0.29, 0.717) is 28.3 Å². The van der Waals surface area contributed by atoms with E-state index >= 15 is 0 Å². The Morgan fingerprint density at radius 3 is 2.41 bits per heavy atom. The van der Waals surface area contributed by atoms with Gasteiger partial charge in [0.1, 0.15) is 5.82 Å². The van der Waals surface area contributed by atoms with Crippen molar-refractivity contribution in [2.45, 2.75) is 6.92 Å². The maximum atomic E-state index is 12.9. The van der Waals surface area contributed by atoms with Gasteiger partial charge in [0.05, 0.1) is 13.3 Å². The minimum Gasteiger partial charge on any atom is -0.493 e. The lowest BCUT2D eigenvalue weighted by Gasteiger charge is -2.11. The Morgan fingerprint density at radius 1 is 1.00 bits per heavy atom. The molecule has 0 radical (unpaired) electrons. The van der Waals surface area contributed by atoms with Crippen molar-refractivity contribution in [2.75, 3.05) is 19.0 Å². The van der Waals surface area contributed by atoms with Crippen molar-refractivity contribution in [2.24, 2.45) is 5.10 Å². The van der Waals surface area contributed by atoms with Gasteiger partial charge in [-0.25, -0.2) is 9.82 Å². The smallest absolute Gasteiger partial charge is 0.271 e. The molecule has 2 amide bonds. The van der Waals surface area contributed by atoms with E-state index < -0.39 is 5.91 Å². The van der Waals surface area contributed by atoms with Gasteiger partial charge in [0.15, 0.2) is 18.1 Å². The minimum absolute atomic E-state index is 0.256. The number of carbonyl (C=O) groups is 2. The highest BCUT2D eigenvalue weighted by atomic mass is 19.1. The number of nitrogens with one attached hydrogen (secondary N) is 2. The third-order valence-electron chi connectivity index (χ3n) is 4.37. The highest BCUT2D eigenvalue weighted by Crippen LogP contribution is 2.27. The number of hydrogen-bond donors (Lipinski definition) is 2. The van der Waals surface area contributed by atoms with Crippen LogP contribution in [0.4, 0.5) is 10.1 Å². The Kier molecular flexibility index (Phi) is 7.53. The summed E-state index contributed by atoms with van der Waals surface area (Å²) in [6.45, 7) is 1.69. The Labute approximate surface area is 184 Å². The number of halogens is 1. The van der Waals surface area contributed by atoms with Gasteiger partial charge in [-0.3, -0.25) is 9.59 Å². The van der Waals surface area contributed by atoms with E-state index in [1.165, 1.54) is 37.6 Å². The second-order valence-electron chi connectivity index (χ2n) is 6.82. The Morgan fingerprint density at radius 2 is 1.72 bits per heavy atom. The first-order chi connectivity index (χ1) is 15.4. The summed E-state index contributed by atoms with van der Waals surface area (Å²) in [6, 6.07) is 17.6. The molecule has 0 aliphatic heterocycles. The van der Waals surface area contributed by atoms with E-state index in [4.69, 9.17) is 9.47 Å². The van der Waals surface area contributed by atoms with Gasteiger partial charge < -0.3 is 14.8 Å². The molecule has 0 aliphatic rings. The zero-order valence-electron chi connectivity index (χ0n) is 17.6. The average molecular weight is 435 g/mol. The lowest BCUT2D eigenvalue weighted by Crippen LogP contribution is -2.20. The molecule has 3 aromatic carbocycles. The van der Waals surface area contributed by atoms with E-state index in [1.807, 2.05) is 19.1 Å². The van der Waals surface area contributed by atoms with Crippen LogP contribution in [0, 0.1) is 12.7 Å². The van der Waals surface area contributed by atoms with E-state index in [9.17, 15) is 14.0 Å². The van der Waals surface area contributed by atoms with Crippen molar-refractivity contribution in [3.8, 4) is 11.5 Å². The third-order valence-corrected chi connectivity index (χ3v) is 4.37. The van der Waals surface area contributed by atoms with Gasteiger partial charge in [-0.15, -0.1) is 0 Å². The summed E-state index contributed by atoms with van der Waals surface area (Å²) in [6.07, 6.45) is 1.47. The summed E-state index contributed by atoms with van der Waals surface area (Å²) in [5.74, 6) is -0.346. The predicted octanol–water partition coefficient (Wildman–Crippen LogP) is 3.92. The number of amides is 2. The topological polar surface area (TPSA) is 89.0 Å². The number of hydrazone groups is 1. The molecular formula is C24H22FN3O4. The summed E-state index contributed by atoms with van der Waals surface area (Å²) in [5.41, 5.74) is 5.16. The summed E-state index contributed by atoms with van der Waals surface area (Å²) in [4.78, 5) is 24.1. The lowest BCUT2D eigenvalue weighted by molar-refractivity contribution is -0.118. The maximum Gasteiger partial charge on any atom is 0.271 e. The molecule has 164 valence electrons. The predicted molar refractivity (Wildman–Crippen MR) is 120 cm³/mol. The van der Waals surface area contributed by atoms with Crippen molar-refractivity contribution in [3.05, 3.63) is 89.2 Å². The molecule has 0 atom stereocenters. The van der Waals surface area contributed by atoms with Crippen molar-refractivity contribution >= 4 is 23.7 Å². The molecule has 0 saturated carbocycles. The molecule has 32 heavy (non-hydrogen) atoms. The van der Waals surface area contributed by atoms with Gasteiger partial charge in [0, 0.05) is 11.3 Å². The van der Waals surface area contributed by atoms with E-state index in [0.717, 1.165) is 5.56 Å². The molecule has 0 unspecified atom stereocenters. The summed E-state index contributed by atoms with van der Waals surface area (Å²) in [5, 5.41) is 6.57. The number of rotatable bonds is 8. The van der Waals surface area contributed by atoms with E-state index in [1.54, 1.807) is 30.3 Å². The van der Waals surface area contributed by atoms with Crippen LogP contribution in [0.3, 0.4) is 0 Å². The number of carbonyl (C=O) groups excluding carboxylic acids is 2. The van der Waals surface area contributed by atoms with Gasteiger partial charge >= 0.3 is 0 Å². The van der Waals surface area contributed by atoms with Crippen LogP contribution >= 0.6 is 0 Å². The lowest BCUT2D eigenvalue weighted by atomic mass is 10.1. The van der Waals surface area contributed by atoms with Gasteiger partial charge in [0.25, 0.3) is 11.8 Å². The van der Waals surface area contributed by atoms with Crippen molar-refractivity contribution in [1.29, 1.82) is 0 Å². The second-order valence-corrected chi connectivity index (χ2v) is 6.82. The van der Waals surface area contributed by atoms with Crippen LogP contribution < -0.4 is 20.2 Å². The van der Waals surface area contributed by atoms with Crippen LogP contribution in [0.1, 0.15) is 21.5 Å². The normalized spacial score (nSPS) is 10.6. The standard InChI is InChI=1S/C24H22FN3O4/c1-16-3-6-18(7-4-16)24(30)28-26-14-17-5-12-21(22(13-17)31-2)32-15-23(29)27-20-10-8-19(25)9-11-20/h3-14H,15H2,1-2H3,(H,27,29)(H,28,30)/b26-14+. The molecule has 0 saturated heterocycles. The first-order valence-corrected chi connectivity index (χ1v) is 9.71. The molecule has 0 aromatic heterocycles. The van der Waals surface area contributed by atoms with Gasteiger partial charge in [0.2, 0.25) is 0 Å². The maximum absolute atomic E-state index is 12.9. The molecule has 0 bridgehead atoms. The van der Waals surface area contributed by atoms with Crippen LogP contribution in [0.25, 0.3) is 0 Å². The summed E-state index contributed by atoms with van der Waals surface area (Å²) >= 11 is 0. The molecule has 0 fully saturated rings. The SMILES string of the molecule is COc1cc(/C=N/NC(=O)c2ccc(C)cc2)ccc1OCC(=O)Nc1ccc(F)cc1. The van der Waals surface area contributed by atoms with Gasteiger partial charge in [-0.1, -0.05) is 17.7 Å². The molecule has 0 aliphatic carbocycles. The number of methoxy groups -OCH3 is 1. The Bertz CT molecular complexity index is 1110. The number of aryl methyl sites for hydroxylation is 1. The number of anilines is 1. The Balaban J connectivity index is 1.55. The van der Waals surface area contributed by atoms with Gasteiger partial charge in [-0.2, -0.15) is 5.10 Å². The number of ether oxygens (including phenoxy) is 2. The molecule has 3 aromatic rings.